The van der Waals surface area contributed by atoms with Crippen molar-refractivity contribution >= 4 is 12.6 Å². The van der Waals surface area contributed by atoms with Crippen LogP contribution >= 0.6 is 12.6 Å². The normalized spacial score (nSPS) is 29.7. The zero-order valence-electron chi connectivity index (χ0n) is 6.50. The van der Waals surface area contributed by atoms with Crippen LogP contribution in [0.1, 0.15) is 13.3 Å². The molecule has 1 fully saturated rings. The van der Waals surface area contributed by atoms with Gasteiger partial charge in [-0.25, -0.2) is 0 Å². The minimum Gasteiger partial charge on any atom is -0.371 e. The lowest BCUT2D eigenvalue weighted by molar-refractivity contribution is 0.340. The van der Waals surface area contributed by atoms with Crippen LogP contribution in [0.25, 0.3) is 0 Å². The maximum Gasteiger partial charge on any atom is 0.0962 e. The predicted octanol–water partition coefficient (Wildman–Crippen LogP) is 0.682. The molecule has 1 heterocycles. The summed E-state index contributed by atoms with van der Waals surface area (Å²) in [6.45, 7) is 3.03. The molecule has 10 heavy (non-hydrogen) atoms. The van der Waals surface area contributed by atoms with Crippen LogP contribution < -0.4 is 5.32 Å². The minimum atomic E-state index is 0.458. The highest BCUT2D eigenvalue weighted by Gasteiger charge is 2.31. The number of epoxide rings is 1. The lowest BCUT2D eigenvalue weighted by Gasteiger charge is -2.14. The van der Waals surface area contributed by atoms with Crippen LogP contribution in [0.15, 0.2) is 0 Å². The fourth-order valence-corrected chi connectivity index (χ4v) is 1.34. The molecule has 0 radical (unpaired) electrons. The molecule has 2 nitrogen and oxygen atoms in total. The number of ether oxygens (including phenoxy) is 1. The Balaban J connectivity index is 2.19. The van der Waals surface area contributed by atoms with Gasteiger partial charge in [-0.1, -0.05) is 6.92 Å². The molecule has 1 rings (SSSR count). The van der Waals surface area contributed by atoms with E-state index in [1.165, 1.54) is 0 Å². The van der Waals surface area contributed by atoms with Gasteiger partial charge < -0.3 is 10.1 Å². The van der Waals surface area contributed by atoms with E-state index >= 15 is 0 Å². The summed E-state index contributed by atoms with van der Waals surface area (Å²) in [5, 5.41) is 3.68. The van der Waals surface area contributed by atoms with Gasteiger partial charge in [0, 0.05) is 11.3 Å². The monoisotopic (exact) mass is 161 g/mol. The van der Waals surface area contributed by atoms with Crippen LogP contribution in [0.3, 0.4) is 0 Å². The van der Waals surface area contributed by atoms with Gasteiger partial charge in [0.05, 0.1) is 12.7 Å². The average Bonchev–Trinajstić information content (AvgIpc) is 2.63. The van der Waals surface area contributed by atoms with Gasteiger partial charge in [-0.05, 0) is 13.5 Å². The van der Waals surface area contributed by atoms with Crippen LogP contribution in [0, 0.1) is 0 Å². The fraction of sp³-hybridized carbons (Fsp3) is 1.00. The van der Waals surface area contributed by atoms with E-state index < -0.39 is 0 Å². The SMILES string of the molecule is CNC(CC(C)S)C1CO1. The van der Waals surface area contributed by atoms with Crippen molar-refractivity contribution in [3.8, 4) is 0 Å². The average molecular weight is 161 g/mol. The van der Waals surface area contributed by atoms with Crippen molar-refractivity contribution in [1.82, 2.24) is 5.32 Å². The lowest BCUT2D eigenvalue weighted by atomic mass is 10.1. The van der Waals surface area contributed by atoms with E-state index in [1.807, 2.05) is 7.05 Å². The predicted molar refractivity (Wildman–Crippen MR) is 45.7 cm³/mol. The third kappa shape index (κ3) is 2.48. The Morgan fingerprint density at radius 1 is 1.80 bits per heavy atom. The Labute approximate surface area is 67.7 Å². The molecular weight excluding hydrogens is 146 g/mol. The molecule has 1 aliphatic heterocycles. The number of rotatable bonds is 4. The van der Waals surface area contributed by atoms with Crippen LogP contribution in [0.5, 0.6) is 0 Å². The summed E-state index contributed by atoms with van der Waals surface area (Å²) in [4.78, 5) is 0. The van der Waals surface area contributed by atoms with Crippen molar-refractivity contribution in [2.75, 3.05) is 13.7 Å². The summed E-state index contributed by atoms with van der Waals surface area (Å²) in [5.74, 6) is 0. The number of likely N-dealkylation sites (N-methyl/N-ethyl adjacent to an activating group) is 1. The largest absolute Gasteiger partial charge is 0.371 e. The number of hydrogen-bond acceptors (Lipinski definition) is 3. The van der Waals surface area contributed by atoms with E-state index in [0.29, 0.717) is 17.4 Å². The lowest BCUT2D eigenvalue weighted by Crippen LogP contribution is -2.32. The highest BCUT2D eigenvalue weighted by molar-refractivity contribution is 7.80. The first-order valence-electron chi connectivity index (χ1n) is 3.71. The van der Waals surface area contributed by atoms with Crippen molar-refractivity contribution in [2.45, 2.75) is 30.7 Å². The molecule has 0 spiro atoms. The topological polar surface area (TPSA) is 24.6 Å². The number of nitrogens with one attached hydrogen (secondary N) is 1. The second-order valence-corrected chi connectivity index (χ2v) is 3.73. The Hall–Kier alpha value is 0.270. The molecule has 3 heteroatoms. The summed E-state index contributed by atoms with van der Waals surface area (Å²) in [7, 11) is 1.97. The maximum atomic E-state index is 5.17. The van der Waals surface area contributed by atoms with Gasteiger partial charge in [-0.3, -0.25) is 0 Å². The summed E-state index contributed by atoms with van der Waals surface area (Å²) < 4.78 is 5.17. The van der Waals surface area contributed by atoms with Crippen molar-refractivity contribution < 1.29 is 4.74 Å². The highest BCUT2D eigenvalue weighted by atomic mass is 32.1. The van der Waals surface area contributed by atoms with Crippen LogP contribution in [-0.4, -0.2) is 31.1 Å². The molecule has 3 atom stereocenters. The Morgan fingerprint density at radius 2 is 2.40 bits per heavy atom. The van der Waals surface area contributed by atoms with Crippen molar-refractivity contribution in [2.24, 2.45) is 0 Å². The molecule has 0 aromatic rings. The van der Waals surface area contributed by atoms with Crippen LogP contribution in [0.4, 0.5) is 0 Å². The molecular formula is C7H15NOS. The Kier molecular flexibility index (Phi) is 3.01. The fourth-order valence-electron chi connectivity index (χ4n) is 1.11. The van der Waals surface area contributed by atoms with Gasteiger partial charge >= 0.3 is 0 Å². The van der Waals surface area contributed by atoms with Crippen molar-refractivity contribution in [3.63, 3.8) is 0 Å². The van der Waals surface area contributed by atoms with Gasteiger partial charge in [0.15, 0.2) is 0 Å². The molecule has 0 saturated carbocycles. The first-order chi connectivity index (χ1) is 4.74. The molecule has 0 bridgehead atoms. The van der Waals surface area contributed by atoms with E-state index in [1.54, 1.807) is 0 Å². The molecule has 60 valence electrons. The first-order valence-corrected chi connectivity index (χ1v) is 4.22. The van der Waals surface area contributed by atoms with Crippen LogP contribution in [0.2, 0.25) is 0 Å². The van der Waals surface area contributed by atoms with Gasteiger partial charge in [0.1, 0.15) is 0 Å². The van der Waals surface area contributed by atoms with Crippen LogP contribution in [-0.2, 0) is 4.74 Å². The van der Waals surface area contributed by atoms with E-state index in [2.05, 4.69) is 24.9 Å². The summed E-state index contributed by atoms with van der Waals surface area (Å²) >= 11 is 4.32. The van der Waals surface area contributed by atoms with E-state index in [0.717, 1.165) is 13.0 Å². The summed E-state index contributed by atoms with van der Waals surface area (Å²) in [6, 6.07) is 0.507. The number of thiol groups is 1. The zero-order chi connectivity index (χ0) is 7.56. The third-order valence-electron chi connectivity index (χ3n) is 1.77. The van der Waals surface area contributed by atoms with Gasteiger partial charge in [0.2, 0.25) is 0 Å². The Bertz CT molecular complexity index is 104. The standard InChI is InChI=1S/C7H15NOS/c1-5(10)3-6(8-2)7-4-9-7/h5-8,10H,3-4H2,1-2H3. The molecule has 0 aliphatic carbocycles. The molecule has 0 aromatic carbocycles. The zero-order valence-corrected chi connectivity index (χ0v) is 7.40. The van der Waals surface area contributed by atoms with E-state index in [-0.39, 0.29) is 0 Å². The minimum absolute atomic E-state index is 0.458. The smallest absolute Gasteiger partial charge is 0.0962 e. The van der Waals surface area contributed by atoms with E-state index in [9.17, 15) is 0 Å². The second kappa shape index (κ2) is 3.60. The summed E-state index contributed by atoms with van der Waals surface area (Å²) in [5.41, 5.74) is 0. The van der Waals surface area contributed by atoms with Gasteiger partial charge in [0.25, 0.3) is 0 Å². The van der Waals surface area contributed by atoms with Crippen molar-refractivity contribution in [1.29, 1.82) is 0 Å². The van der Waals surface area contributed by atoms with Crippen molar-refractivity contribution in [3.05, 3.63) is 0 Å². The number of hydrogen-bond donors (Lipinski definition) is 2. The quantitative estimate of drug-likeness (QED) is 0.468. The first kappa shape index (κ1) is 8.37. The van der Waals surface area contributed by atoms with Gasteiger partial charge in [-0.2, -0.15) is 12.6 Å². The summed E-state index contributed by atoms with van der Waals surface area (Å²) in [6.07, 6.45) is 1.55. The second-order valence-electron chi connectivity index (χ2n) is 2.85. The molecule has 0 amide bonds. The maximum absolute atomic E-state index is 5.17. The highest BCUT2D eigenvalue weighted by Crippen LogP contribution is 2.18. The molecule has 3 unspecified atom stereocenters. The Morgan fingerprint density at radius 3 is 2.70 bits per heavy atom. The third-order valence-corrected chi connectivity index (χ3v) is 1.98. The molecule has 0 aromatic heterocycles. The van der Waals surface area contributed by atoms with Gasteiger partial charge in [-0.15, -0.1) is 0 Å². The molecule has 1 N–H and O–H groups in total. The molecule has 1 saturated heterocycles. The van der Waals surface area contributed by atoms with E-state index in [4.69, 9.17) is 4.74 Å². The molecule has 1 aliphatic rings.